The van der Waals surface area contributed by atoms with Gasteiger partial charge in [-0.1, -0.05) is 98.8 Å². The van der Waals surface area contributed by atoms with Gasteiger partial charge in [0, 0.05) is 18.3 Å². The number of para-hydroxylation sites is 1. The first-order chi connectivity index (χ1) is 15.5. The molecule has 0 aliphatic carbocycles. The van der Waals surface area contributed by atoms with E-state index in [-0.39, 0.29) is 17.3 Å². The zero-order chi connectivity index (χ0) is 22.9. The van der Waals surface area contributed by atoms with Gasteiger partial charge in [-0.15, -0.1) is 0 Å². The van der Waals surface area contributed by atoms with Crippen LogP contribution >= 0.6 is 0 Å². The molecule has 3 aromatic carbocycles. The van der Waals surface area contributed by atoms with Crippen molar-refractivity contribution in [1.29, 1.82) is 0 Å². The van der Waals surface area contributed by atoms with Crippen LogP contribution in [0.5, 0.6) is 0 Å². The molecule has 0 unspecified atom stereocenters. The van der Waals surface area contributed by atoms with Crippen LogP contribution in [0.2, 0.25) is 0 Å². The van der Waals surface area contributed by atoms with E-state index >= 15 is 0 Å². The molecule has 0 fully saturated rings. The number of allylic oxidation sites excluding steroid dienone is 2. The van der Waals surface area contributed by atoms with Gasteiger partial charge in [0.05, 0.1) is 5.57 Å². The third-order valence-electron chi connectivity index (χ3n) is 5.13. The van der Waals surface area contributed by atoms with Gasteiger partial charge in [0.25, 0.3) is 5.91 Å². The average molecular weight is 424 g/mol. The molecule has 0 N–H and O–H groups in total. The highest BCUT2D eigenvalue weighted by atomic mass is 16.2. The summed E-state index contributed by atoms with van der Waals surface area (Å²) in [5.41, 5.74) is 3.54. The number of nitrogens with zero attached hydrogens (tertiary/aromatic N) is 1. The van der Waals surface area contributed by atoms with Gasteiger partial charge in [0.2, 0.25) is 0 Å². The maximum absolute atomic E-state index is 13.3. The van der Waals surface area contributed by atoms with Crippen LogP contribution in [-0.4, -0.2) is 18.7 Å². The maximum atomic E-state index is 13.3. The normalized spacial score (nSPS) is 11.7. The number of hydrogen-bond donors (Lipinski definition) is 0. The Hall–Kier alpha value is -3.72. The topological polar surface area (TPSA) is 37.4 Å². The molecule has 0 aromatic heterocycles. The van der Waals surface area contributed by atoms with Crippen molar-refractivity contribution < 1.29 is 9.59 Å². The van der Waals surface area contributed by atoms with Crippen LogP contribution in [0.1, 0.15) is 35.3 Å². The van der Waals surface area contributed by atoms with Crippen LogP contribution in [0.25, 0.3) is 6.08 Å². The predicted octanol–water partition coefficient (Wildman–Crippen LogP) is 6.37. The van der Waals surface area contributed by atoms with Gasteiger partial charge in [-0.3, -0.25) is 9.59 Å². The number of amides is 1. The Morgan fingerprint density at radius 3 is 2.03 bits per heavy atom. The molecule has 3 aromatic rings. The lowest BCUT2D eigenvalue weighted by molar-refractivity contribution is -0.114. The molecular weight excluding hydrogens is 394 g/mol. The largest absolute Gasteiger partial charge is 0.311 e. The van der Waals surface area contributed by atoms with Crippen LogP contribution in [0.4, 0.5) is 5.69 Å². The standard InChI is InChI=1S/C29H29NO2/c1-22(2)21-24-17-19-25(20-18-24)28(31)27(16-10-13-23-11-6-4-7-12-23)29(32)30(3)26-14-8-5-9-15-26/h4-20,22H,21H2,1-3H3. The van der Waals surface area contributed by atoms with E-state index in [1.54, 1.807) is 19.2 Å². The Balaban J connectivity index is 1.92. The maximum Gasteiger partial charge on any atom is 0.261 e. The van der Waals surface area contributed by atoms with Crippen molar-refractivity contribution in [2.45, 2.75) is 20.3 Å². The highest BCUT2D eigenvalue weighted by molar-refractivity contribution is 6.29. The van der Waals surface area contributed by atoms with Gasteiger partial charge < -0.3 is 4.90 Å². The Bertz CT molecular complexity index is 1090. The minimum absolute atomic E-state index is 0.125. The van der Waals surface area contributed by atoms with Crippen LogP contribution in [0, 0.1) is 5.92 Å². The molecule has 0 aliphatic rings. The molecule has 3 heteroatoms. The fourth-order valence-corrected chi connectivity index (χ4v) is 3.43. The third kappa shape index (κ3) is 6.14. The van der Waals surface area contributed by atoms with Crippen molar-refractivity contribution >= 4 is 23.5 Å². The number of carbonyl (C=O) groups is 2. The van der Waals surface area contributed by atoms with E-state index < -0.39 is 0 Å². The van der Waals surface area contributed by atoms with E-state index in [2.05, 4.69) is 13.8 Å². The number of anilines is 1. The van der Waals surface area contributed by atoms with Crippen molar-refractivity contribution in [2.24, 2.45) is 5.92 Å². The van der Waals surface area contributed by atoms with Gasteiger partial charge in [-0.25, -0.2) is 0 Å². The first-order valence-corrected chi connectivity index (χ1v) is 10.9. The Morgan fingerprint density at radius 2 is 1.44 bits per heavy atom. The zero-order valence-electron chi connectivity index (χ0n) is 18.9. The third-order valence-corrected chi connectivity index (χ3v) is 5.13. The molecule has 1 amide bonds. The summed E-state index contributed by atoms with van der Waals surface area (Å²) >= 11 is 0. The van der Waals surface area contributed by atoms with Crippen molar-refractivity contribution in [3.63, 3.8) is 0 Å². The van der Waals surface area contributed by atoms with Gasteiger partial charge in [0.15, 0.2) is 5.78 Å². The molecule has 0 bridgehead atoms. The molecule has 0 atom stereocenters. The molecular formula is C29H29NO2. The van der Waals surface area contributed by atoms with Crippen LogP contribution < -0.4 is 4.90 Å². The highest BCUT2D eigenvalue weighted by Crippen LogP contribution is 2.19. The fourth-order valence-electron chi connectivity index (χ4n) is 3.43. The molecule has 0 saturated carbocycles. The lowest BCUT2D eigenvalue weighted by Gasteiger charge is -2.18. The van der Waals surface area contributed by atoms with Crippen molar-refractivity contribution in [1.82, 2.24) is 0 Å². The van der Waals surface area contributed by atoms with Gasteiger partial charge in [0.1, 0.15) is 0 Å². The lowest BCUT2D eigenvalue weighted by atomic mass is 9.97. The fraction of sp³-hybridized carbons (Fsp3) is 0.172. The van der Waals surface area contributed by atoms with E-state index in [0.717, 1.165) is 17.7 Å². The summed E-state index contributed by atoms with van der Waals surface area (Å²) < 4.78 is 0. The number of hydrogen-bond acceptors (Lipinski definition) is 2. The summed E-state index contributed by atoms with van der Waals surface area (Å²) in [6.45, 7) is 4.33. The summed E-state index contributed by atoms with van der Waals surface area (Å²) in [6.07, 6.45) is 6.20. The van der Waals surface area contributed by atoms with Crippen molar-refractivity contribution in [2.75, 3.05) is 11.9 Å². The molecule has 3 rings (SSSR count). The SMILES string of the molecule is CC(C)Cc1ccc(C(=O)C(=CC=Cc2ccccc2)C(=O)N(C)c2ccccc2)cc1. The lowest BCUT2D eigenvalue weighted by Crippen LogP contribution is -2.30. The van der Waals surface area contributed by atoms with Crippen molar-refractivity contribution in [3.8, 4) is 0 Å². The minimum Gasteiger partial charge on any atom is -0.311 e. The summed E-state index contributed by atoms with van der Waals surface area (Å²) in [5.74, 6) is -0.0898. The molecule has 0 aliphatic heterocycles. The summed E-state index contributed by atoms with van der Waals surface area (Å²) in [4.78, 5) is 28.2. The molecule has 162 valence electrons. The summed E-state index contributed by atoms with van der Waals surface area (Å²) in [6, 6.07) is 26.7. The minimum atomic E-state index is -0.342. The number of benzene rings is 3. The first-order valence-electron chi connectivity index (χ1n) is 10.9. The molecule has 0 radical (unpaired) electrons. The van der Waals surface area contributed by atoms with E-state index in [9.17, 15) is 9.59 Å². The Labute approximate surface area is 190 Å². The number of rotatable bonds is 8. The van der Waals surface area contributed by atoms with Gasteiger partial charge >= 0.3 is 0 Å². The van der Waals surface area contributed by atoms with Crippen molar-refractivity contribution in [3.05, 3.63) is 119 Å². The van der Waals surface area contributed by atoms with Gasteiger partial charge in [-0.05, 0) is 41.7 Å². The van der Waals surface area contributed by atoms with Crippen LogP contribution in [0.15, 0.2) is 103 Å². The second-order valence-electron chi connectivity index (χ2n) is 8.17. The molecule has 32 heavy (non-hydrogen) atoms. The number of likely N-dealkylation sites (N-methyl/N-ethyl adjacent to an activating group) is 1. The molecule has 0 spiro atoms. The van der Waals surface area contributed by atoms with E-state index in [1.165, 1.54) is 10.5 Å². The first kappa shape index (κ1) is 23.0. The number of Topliss-reactive ketones (excluding diaryl/α,β-unsaturated/α-hetero) is 1. The highest BCUT2D eigenvalue weighted by Gasteiger charge is 2.23. The molecule has 0 saturated heterocycles. The molecule has 3 nitrogen and oxygen atoms in total. The van der Waals surface area contributed by atoms with E-state index in [0.29, 0.717) is 11.5 Å². The second-order valence-corrected chi connectivity index (χ2v) is 8.17. The molecule has 0 heterocycles. The van der Waals surface area contributed by atoms with Gasteiger partial charge in [-0.2, -0.15) is 0 Å². The number of ketones is 1. The quantitative estimate of drug-likeness (QED) is 0.139. The average Bonchev–Trinajstić information content (AvgIpc) is 2.82. The predicted molar refractivity (Wildman–Crippen MR) is 133 cm³/mol. The van der Waals surface area contributed by atoms with Crippen LogP contribution in [0.3, 0.4) is 0 Å². The Morgan fingerprint density at radius 1 is 0.844 bits per heavy atom. The monoisotopic (exact) mass is 423 g/mol. The van der Waals surface area contributed by atoms with Crippen LogP contribution in [-0.2, 0) is 11.2 Å². The van der Waals surface area contributed by atoms with E-state index in [1.807, 2.05) is 91.0 Å². The summed E-state index contributed by atoms with van der Waals surface area (Å²) in [7, 11) is 1.69. The Kier molecular flexibility index (Phi) is 7.93. The smallest absolute Gasteiger partial charge is 0.261 e. The second kappa shape index (κ2) is 11.1. The number of carbonyl (C=O) groups excluding carboxylic acids is 2. The summed E-state index contributed by atoms with van der Waals surface area (Å²) in [5, 5.41) is 0. The zero-order valence-corrected chi connectivity index (χ0v) is 18.9. The van der Waals surface area contributed by atoms with E-state index in [4.69, 9.17) is 0 Å².